The van der Waals surface area contributed by atoms with E-state index >= 15 is 0 Å². The molecule has 0 spiro atoms. The number of ether oxygens (including phenoxy) is 1. The van der Waals surface area contributed by atoms with Crippen LogP contribution in [0.15, 0.2) is 22.8 Å². The van der Waals surface area contributed by atoms with Gasteiger partial charge in [0.2, 0.25) is 5.91 Å². The van der Waals surface area contributed by atoms with Crippen molar-refractivity contribution < 1.29 is 14.3 Å². The van der Waals surface area contributed by atoms with E-state index in [0.717, 1.165) is 4.47 Å². The third-order valence-electron chi connectivity index (χ3n) is 2.71. The Morgan fingerprint density at radius 2 is 2.10 bits per heavy atom. The third kappa shape index (κ3) is 6.68. The SMILES string of the molecule is CCOC(=O)CN(CC(=O)Nc1ccc(Br)cn1)C(C)C. The van der Waals surface area contributed by atoms with Crippen molar-refractivity contribution in [2.45, 2.75) is 26.8 Å². The Hall–Kier alpha value is -1.47. The number of hydrogen-bond donors (Lipinski definition) is 1. The van der Waals surface area contributed by atoms with E-state index in [1.807, 2.05) is 13.8 Å². The molecule has 0 bridgehead atoms. The molecule has 0 fully saturated rings. The first-order valence-electron chi connectivity index (χ1n) is 6.73. The van der Waals surface area contributed by atoms with E-state index in [1.165, 1.54) is 0 Å². The lowest BCUT2D eigenvalue weighted by Crippen LogP contribution is -2.41. The van der Waals surface area contributed by atoms with Gasteiger partial charge in [0.15, 0.2) is 0 Å². The molecule has 0 atom stereocenters. The lowest BCUT2D eigenvalue weighted by atomic mass is 10.3. The molecule has 1 aromatic rings. The summed E-state index contributed by atoms with van der Waals surface area (Å²) in [4.78, 5) is 29.3. The Kier molecular flexibility index (Phi) is 7.31. The number of anilines is 1. The fourth-order valence-electron chi connectivity index (χ4n) is 1.61. The van der Waals surface area contributed by atoms with Crippen molar-refractivity contribution in [1.29, 1.82) is 0 Å². The molecule has 1 aromatic heterocycles. The third-order valence-corrected chi connectivity index (χ3v) is 3.18. The molecule has 116 valence electrons. The van der Waals surface area contributed by atoms with Gasteiger partial charge >= 0.3 is 5.97 Å². The van der Waals surface area contributed by atoms with Crippen molar-refractivity contribution in [2.75, 3.05) is 25.0 Å². The number of pyridine rings is 1. The standard InChI is InChI=1S/C14H20BrN3O3/c1-4-21-14(20)9-18(10(2)3)8-13(19)17-12-6-5-11(15)7-16-12/h5-7,10H,4,8-9H2,1-3H3,(H,16,17,19). The van der Waals surface area contributed by atoms with E-state index in [-0.39, 0.29) is 31.0 Å². The lowest BCUT2D eigenvalue weighted by Gasteiger charge is -2.24. The molecule has 1 N–H and O–H groups in total. The number of esters is 1. The number of carbonyl (C=O) groups excluding carboxylic acids is 2. The normalized spacial score (nSPS) is 10.8. The summed E-state index contributed by atoms with van der Waals surface area (Å²) in [5.41, 5.74) is 0. The maximum Gasteiger partial charge on any atom is 0.320 e. The second kappa shape index (κ2) is 8.74. The first kappa shape index (κ1) is 17.6. The molecule has 1 rings (SSSR count). The Morgan fingerprint density at radius 3 is 2.62 bits per heavy atom. The maximum absolute atomic E-state index is 12.0. The van der Waals surface area contributed by atoms with E-state index in [1.54, 1.807) is 30.2 Å². The van der Waals surface area contributed by atoms with Crippen LogP contribution in [-0.2, 0) is 14.3 Å². The van der Waals surface area contributed by atoms with Gasteiger partial charge in [0.05, 0.1) is 19.7 Å². The predicted molar refractivity (Wildman–Crippen MR) is 83.9 cm³/mol. The van der Waals surface area contributed by atoms with Crippen LogP contribution >= 0.6 is 15.9 Å². The Balaban J connectivity index is 2.56. The molecular weight excluding hydrogens is 338 g/mol. The second-order valence-corrected chi connectivity index (χ2v) is 5.63. The Bertz CT molecular complexity index is 477. The summed E-state index contributed by atoms with van der Waals surface area (Å²) in [5.74, 6) is -0.0772. The smallest absolute Gasteiger partial charge is 0.320 e. The molecule has 0 aliphatic carbocycles. The van der Waals surface area contributed by atoms with Crippen LogP contribution in [0.1, 0.15) is 20.8 Å². The molecular formula is C14H20BrN3O3. The zero-order valence-electron chi connectivity index (χ0n) is 12.4. The van der Waals surface area contributed by atoms with Crippen molar-refractivity contribution in [3.63, 3.8) is 0 Å². The van der Waals surface area contributed by atoms with Gasteiger partial charge in [-0.2, -0.15) is 0 Å². The van der Waals surface area contributed by atoms with Crippen molar-refractivity contribution in [2.24, 2.45) is 0 Å². The molecule has 0 aliphatic heterocycles. The van der Waals surface area contributed by atoms with Gasteiger partial charge in [-0.25, -0.2) is 4.98 Å². The quantitative estimate of drug-likeness (QED) is 0.756. The van der Waals surface area contributed by atoms with Gasteiger partial charge in [0.25, 0.3) is 0 Å². The summed E-state index contributed by atoms with van der Waals surface area (Å²) in [6.45, 7) is 6.12. The largest absolute Gasteiger partial charge is 0.465 e. The van der Waals surface area contributed by atoms with Crippen LogP contribution in [0.3, 0.4) is 0 Å². The molecule has 6 nitrogen and oxygen atoms in total. The van der Waals surface area contributed by atoms with Crippen molar-refractivity contribution in [3.05, 3.63) is 22.8 Å². The Labute approximate surface area is 133 Å². The first-order valence-corrected chi connectivity index (χ1v) is 7.52. The molecule has 0 aliphatic rings. The van der Waals surface area contributed by atoms with E-state index in [0.29, 0.717) is 12.4 Å². The van der Waals surface area contributed by atoms with Crippen molar-refractivity contribution in [1.82, 2.24) is 9.88 Å². The minimum absolute atomic E-state index is 0.0537. The second-order valence-electron chi connectivity index (χ2n) is 4.71. The first-order chi connectivity index (χ1) is 9.92. The summed E-state index contributed by atoms with van der Waals surface area (Å²) < 4.78 is 5.75. The fourth-order valence-corrected chi connectivity index (χ4v) is 1.84. The zero-order chi connectivity index (χ0) is 15.8. The number of rotatable bonds is 7. The van der Waals surface area contributed by atoms with Crippen molar-refractivity contribution in [3.8, 4) is 0 Å². The maximum atomic E-state index is 12.0. The van der Waals surface area contributed by atoms with Crippen molar-refractivity contribution >= 4 is 33.6 Å². The molecule has 1 amide bonds. The predicted octanol–water partition coefficient (Wildman–Crippen LogP) is 2.06. The molecule has 7 heteroatoms. The van der Waals surface area contributed by atoms with Gasteiger partial charge in [0, 0.05) is 16.7 Å². The number of nitrogens with one attached hydrogen (secondary N) is 1. The minimum Gasteiger partial charge on any atom is -0.465 e. The fraction of sp³-hybridized carbons (Fsp3) is 0.500. The summed E-state index contributed by atoms with van der Waals surface area (Å²) >= 11 is 3.28. The van der Waals surface area contributed by atoms with E-state index in [2.05, 4.69) is 26.2 Å². The summed E-state index contributed by atoms with van der Waals surface area (Å²) in [6, 6.07) is 3.55. The van der Waals surface area contributed by atoms with E-state index < -0.39 is 0 Å². The number of aromatic nitrogens is 1. The van der Waals surface area contributed by atoms with E-state index in [4.69, 9.17) is 4.74 Å². The van der Waals surface area contributed by atoms with Crippen LogP contribution in [0, 0.1) is 0 Å². The van der Waals surface area contributed by atoms with Crippen LogP contribution in [0.4, 0.5) is 5.82 Å². The molecule has 1 heterocycles. The topological polar surface area (TPSA) is 71.5 Å². The van der Waals surface area contributed by atoms with Gasteiger partial charge in [0.1, 0.15) is 5.82 Å². The highest BCUT2D eigenvalue weighted by molar-refractivity contribution is 9.10. The zero-order valence-corrected chi connectivity index (χ0v) is 14.0. The molecule has 0 saturated heterocycles. The highest BCUT2D eigenvalue weighted by Crippen LogP contribution is 2.10. The summed E-state index contributed by atoms with van der Waals surface area (Å²) in [5, 5.41) is 2.70. The molecule has 0 unspecified atom stereocenters. The van der Waals surface area contributed by atoms with Crippen LogP contribution in [0.2, 0.25) is 0 Å². The molecule has 0 radical (unpaired) electrons. The van der Waals surface area contributed by atoms with Crippen LogP contribution in [-0.4, -0.2) is 47.5 Å². The minimum atomic E-state index is -0.333. The average Bonchev–Trinajstić information content (AvgIpc) is 2.41. The van der Waals surface area contributed by atoms with Gasteiger partial charge in [-0.15, -0.1) is 0 Å². The molecule has 0 saturated carbocycles. The molecule has 21 heavy (non-hydrogen) atoms. The molecule has 0 aromatic carbocycles. The highest BCUT2D eigenvalue weighted by Gasteiger charge is 2.18. The van der Waals surface area contributed by atoms with Crippen LogP contribution < -0.4 is 5.32 Å². The Morgan fingerprint density at radius 1 is 1.38 bits per heavy atom. The number of amides is 1. The van der Waals surface area contributed by atoms with Gasteiger partial charge < -0.3 is 10.1 Å². The number of carbonyl (C=O) groups is 2. The number of hydrogen-bond acceptors (Lipinski definition) is 5. The number of nitrogens with zero attached hydrogens (tertiary/aromatic N) is 2. The number of halogens is 1. The summed E-state index contributed by atoms with van der Waals surface area (Å²) in [6.07, 6.45) is 1.61. The van der Waals surface area contributed by atoms with Crippen LogP contribution in [0.5, 0.6) is 0 Å². The van der Waals surface area contributed by atoms with E-state index in [9.17, 15) is 9.59 Å². The van der Waals surface area contributed by atoms with Gasteiger partial charge in [-0.05, 0) is 48.8 Å². The van der Waals surface area contributed by atoms with Crippen LogP contribution in [0.25, 0.3) is 0 Å². The van der Waals surface area contributed by atoms with Gasteiger partial charge in [-0.3, -0.25) is 14.5 Å². The lowest BCUT2D eigenvalue weighted by molar-refractivity contribution is -0.145. The average molecular weight is 358 g/mol. The summed E-state index contributed by atoms with van der Waals surface area (Å²) in [7, 11) is 0. The van der Waals surface area contributed by atoms with Gasteiger partial charge in [-0.1, -0.05) is 0 Å². The monoisotopic (exact) mass is 357 g/mol. The highest BCUT2D eigenvalue weighted by atomic mass is 79.9.